The third kappa shape index (κ3) is 8.82. The van der Waals surface area contributed by atoms with E-state index < -0.39 is 0 Å². The molecule has 24 heavy (non-hydrogen) atoms. The fraction of sp³-hybridized carbons (Fsp3) is 0.300. The minimum absolute atomic E-state index is 0.142. The van der Waals surface area contributed by atoms with Gasteiger partial charge >= 0.3 is 0 Å². The summed E-state index contributed by atoms with van der Waals surface area (Å²) in [6, 6.07) is 15.1. The highest BCUT2D eigenvalue weighted by molar-refractivity contribution is 14.1. The highest BCUT2D eigenvalue weighted by atomic mass is 127. The first-order valence-electron chi connectivity index (χ1n) is 8.16. The van der Waals surface area contributed by atoms with E-state index in [4.69, 9.17) is 0 Å². The molecule has 4 heteroatoms. The average molecular weight is 437 g/mol. The standard InChI is InChI=1S/C13H17NO2.C7H7I/c1-2-3-4-5-6-7-12-8-10-13(11-9-12)14(15)16;1-6-2-4-7(8)5-3-6/h6-11H,2-5H2,1H3;2-5H,1H3/b7-6+;. The van der Waals surface area contributed by atoms with Crippen molar-refractivity contribution in [1.82, 2.24) is 0 Å². The third-order valence-corrected chi connectivity index (χ3v) is 4.12. The summed E-state index contributed by atoms with van der Waals surface area (Å²) in [5.74, 6) is 0. The van der Waals surface area contributed by atoms with E-state index in [-0.39, 0.29) is 10.6 Å². The van der Waals surface area contributed by atoms with Crippen LogP contribution in [-0.4, -0.2) is 4.92 Å². The van der Waals surface area contributed by atoms with Crippen LogP contribution in [0.25, 0.3) is 6.08 Å². The summed E-state index contributed by atoms with van der Waals surface area (Å²) in [7, 11) is 0. The zero-order valence-corrected chi connectivity index (χ0v) is 16.4. The van der Waals surface area contributed by atoms with Crippen LogP contribution in [0.1, 0.15) is 43.7 Å². The summed E-state index contributed by atoms with van der Waals surface area (Å²) < 4.78 is 1.30. The molecule has 0 aliphatic rings. The number of aryl methyl sites for hydroxylation is 1. The van der Waals surface area contributed by atoms with Gasteiger partial charge in [-0.05, 0) is 72.2 Å². The minimum atomic E-state index is -0.380. The molecular weight excluding hydrogens is 413 g/mol. The van der Waals surface area contributed by atoms with E-state index in [0.717, 1.165) is 12.0 Å². The number of hydrogen-bond acceptors (Lipinski definition) is 2. The molecule has 0 heterocycles. The van der Waals surface area contributed by atoms with Crippen molar-refractivity contribution in [3.05, 3.63) is 79.4 Å². The molecule has 0 amide bonds. The quantitative estimate of drug-likeness (QED) is 0.216. The zero-order valence-electron chi connectivity index (χ0n) is 14.2. The lowest BCUT2D eigenvalue weighted by Gasteiger charge is -1.94. The lowest BCUT2D eigenvalue weighted by Crippen LogP contribution is -1.86. The van der Waals surface area contributed by atoms with Crippen molar-refractivity contribution in [1.29, 1.82) is 0 Å². The Bertz CT molecular complexity index is 613. The van der Waals surface area contributed by atoms with Crippen molar-refractivity contribution >= 4 is 34.4 Å². The monoisotopic (exact) mass is 437 g/mol. The Morgan fingerprint density at radius 2 is 1.67 bits per heavy atom. The van der Waals surface area contributed by atoms with E-state index in [2.05, 4.69) is 66.8 Å². The fourth-order valence-corrected chi connectivity index (χ4v) is 2.33. The molecule has 2 aromatic carbocycles. The highest BCUT2D eigenvalue weighted by Gasteiger charge is 2.01. The molecule has 0 fully saturated rings. The first-order chi connectivity index (χ1) is 11.5. The summed E-state index contributed by atoms with van der Waals surface area (Å²) >= 11 is 2.30. The van der Waals surface area contributed by atoms with Crippen LogP contribution in [0.3, 0.4) is 0 Å². The fourth-order valence-electron chi connectivity index (χ4n) is 1.97. The minimum Gasteiger partial charge on any atom is -0.258 e. The van der Waals surface area contributed by atoms with E-state index >= 15 is 0 Å². The van der Waals surface area contributed by atoms with Crippen LogP contribution < -0.4 is 0 Å². The molecule has 0 aromatic heterocycles. The summed E-state index contributed by atoms with van der Waals surface area (Å²) in [6.45, 7) is 4.27. The Hall–Kier alpha value is -1.69. The van der Waals surface area contributed by atoms with Gasteiger partial charge in [0.25, 0.3) is 5.69 Å². The van der Waals surface area contributed by atoms with Gasteiger partial charge in [0, 0.05) is 15.7 Å². The van der Waals surface area contributed by atoms with Crippen molar-refractivity contribution in [2.24, 2.45) is 0 Å². The Kier molecular flexibility index (Phi) is 10.00. The molecule has 0 atom stereocenters. The van der Waals surface area contributed by atoms with Crippen LogP contribution in [0.2, 0.25) is 0 Å². The molecule has 3 nitrogen and oxygen atoms in total. The second-order valence-electron chi connectivity index (χ2n) is 5.54. The molecule has 2 rings (SSSR count). The summed E-state index contributed by atoms with van der Waals surface area (Å²) in [5, 5.41) is 10.4. The summed E-state index contributed by atoms with van der Waals surface area (Å²) in [5.41, 5.74) is 2.48. The second kappa shape index (κ2) is 11.8. The number of nitro benzene ring substituents is 1. The van der Waals surface area contributed by atoms with Gasteiger partial charge in [0.05, 0.1) is 4.92 Å². The SMILES string of the molecule is CCCCC/C=C/c1ccc([N+](=O)[O-])cc1.Cc1ccc(I)cc1. The smallest absolute Gasteiger partial charge is 0.258 e. The van der Waals surface area contributed by atoms with Gasteiger partial charge in [-0.15, -0.1) is 0 Å². The number of allylic oxidation sites excluding steroid dienone is 1. The largest absolute Gasteiger partial charge is 0.269 e. The van der Waals surface area contributed by atoms with Gasteiger partial charge in [-0.25, -0.2) is 0 Å². The van der Waals surface area contributed by atoms with E-state index in [1.54, 1.807) is 12.1 Å². The molecule has 0 radical (unpaired) electrons. The Labute approximate surface area is 158 Å². The molecule has 0 bridgehead atoms. The van der Waals surface area contributed by atoms with Crippen molar-refractivity contribution in [3.63, 3.8) is 0 Å². The number of halogens is 1. The highest BCUT2D eigenvalue weighted by Crippen LogP contribution is 2.13. The van der Waals surface area contributed by atoms with Crippen LogP contribution in [0.5, 0.6) is 0 Å². The predicted molar refractivity (Wildman–Crippen MR) is 110 cm³/mol. The van der Waals surface area contributed by atoms with E-state index in [1.807, 2.05) is 6.08 Å². The van der Waals surface area contributed by atoms with Gasteiger partial charge in [-0.3, -0.25) is 10.1 Å². The number of rotatable bonds is 6. The lowest BCUT2D eigenvalue weighted by molar-refractivity contribution is -0.384. The Morgan fingerprint density at radius 1 is 1.04 bits per heavy atom. The maximum absolute atomic E-state index is 10.4. The molecule has 2 aromatic rings. The summed E-state index contributed by atoms with van der Waals surface area (Å²) in [6.07, 6.45) is 8.90. The van der Waals surface area contributed by atoms with Crippen LogP contribution >= 0.6 is 22.6 Å². The van der Waals surface area contributed by atoms with Gasteiger partial charge in [0.15, 0.2) is 0 Å². The van der Waals surface area contributed by atoms with Crippen molar-refractivity contribution in [2.75, 3.05) is 0 Å². The van der Waals surface area contributed by atoms with Gasteiger partial charge < -0.3 is 0 Å². The average Bonchev–Trinajstić information content (AvgIpc) is 2.58. The molecule has 0 saturated heterocycles. The first kappa shape index (κ1) is 20.4. The van der Waals surface area contributed by atoms with Crippen LogP contribution in [0.15, 0.2) is 54.6 Å². The molecule has 0 spiro atoms. The van der Waals surface area contributed by atoms with E-state index in [1.165, 1.54) is 40.5 Å². The number of benzene rings is 2. The van der Waals surface area contributed by atoms with Gasteiger partial charge in [0.2, 0.25) is 0 Å². The molecular formula is C20H24INO2. The van der Waals surface area contributed by atoms with Crippen LogP contribution in [-0.2, 0) is 0 Å². The number of unbranched alkanes of at least 4 members (excludes halogenated alkanes) is 3. The number of hydrogen-bond donors (Lipinski definition) is 0. The normalized spacial score (nSPS) is 10.3. The predicted octanol–water partition coefficient (Wildman–Crippen LogP) is 6.79. The van der Waals surface area contributed by atoms with Gasteiger partial charge in [0.1, 0.15) is 0 Å². The Balaban J connectivity index is 0.000000300. The van der Waals surface area contributed by atoms with Crippen molar-refractivity contribution < 1.29 is 4.92 Å². The maximum atomic E-state index is 10.4. The van der Waals surface area contributed by atoms with Crippen molar-refractivity contribution in [2.45, 2.75) is 39.5 Å². The van der Waals surface area contributed by atoms with Crippen molar-refractivity contribution in [3.8, 4) is 0 Å². The molecule has 0 aliphatic carbocycles. The molecule has 0 N–H and O–H groups in total. The molecule has 0 aliphatic heterocycles. The molecule has 128 valence electrons. The second-order valence-corrected chi connectivity index (χ2v) is 6.79. The van der Waals surface area contributed by atoms with Gasteiger partial charge in [-0.2, -0.15) is 0 Å². The van der Waals surface area contributed by atoms with E-state index in [9.17, 15) is 10.1 Å². The zero-order chi connectivity index (χ0) is 17.8. The van der Waals surface area contributed by atoms with E-state index in [0.29, 0.717) is 0 Å². The maximum Gasteiger partial charge on any atom is 0.269 e. The molecule has 0 unspecified atom stereocenters. The summed E-state index contributed by atoms with van der Waals surface area (Å²) in [4.78, 5) is 10.1. The Morgan fingerprint density at radius 3 is 2.17 bits per heavy atom. The lowest BCUT2D eigenvalue weighted by atomic mass is 10.1. The third-order valence-electron chi connectivity index (χ3n) is 3.40. The topological polar surface area (TPSA) is 43.1 Å². The number of nitrogens with zero attached hydrogens (tertiary/aromatic N) is 1. The van der Waals surface area contributed by atoms with Gasteiger partial charge in [-0.1, -0.05) is 49.6 Å². The number of non-ortho nitro benzene ring substituents is 1. The molecule has 0 saturated carbocycles. The van der Waals surface area contributed by atoms with Crippen LogP contribution in [0.4, 0.5) is 5.69 Å². The number of nitro groups is 1. The van der Waals surface area contributed by atoms with Crippen LogP contribution in [0, 0.1) is 20.6 Å². The first-order valence-corrected chi connectivity index (χ1v) is 9.24.